The maximum atomic E-state index is 6.67. The number of aliphatic imine (C=N–C) groups is 2. The number of para-hydroxylation sites is 1. The van der Waals surface area contributed by atoms with E-state index in [1.54, 1.807) is 6.20 Å². The summed E-state index contributed by atoms with van der Waals surface area (Å²) in [4.78, 5) is 13.4. The predicted molar refractivity (Wildman–Crippen MR) is 266 cm³/mol. The largest absolute Gasteiger partial charge is 0.492 e. The van der Waals surface area contributed by atoms with Crippen LogP contribution in [0.15, 0.2) is 132 Å². The van der Waals surface area contributed by atoms with Gasteiger partial charge < -0.3 is 9.73 Å². The molecule has 1 aromatic heterocycles. The molecule has 1 radical (unpaired) electrons. The molecule has 62 heavy (non-hydrogen) atoms. The van der Waals surface area contributed by atoms with Gasteiger partial charge in [-0.1, -0.05) is 233 Å². The first kappa shape index (κ1) is 52.0. The average molecular weight is 878 g/mol. The Labute approximate surface area is 387 Å². The molecule has 335 valence electrons. The molecule has 0 fully saturated rings. The number of rotatable bonds is 26. The topological polar surface area (TPSA) is 46.8 Å². The zero-order chi connectivity index (χ0) is 43.2. The van der Waals surface area contributed by atoms with Crippen LogP contribution in [0.25, 0.3) is 22.3 Å². The van der Waals surface area contributed by atoms with Gasteiger partial charge in [0.2, 0.25) is 0 Å². The molecule has 0 aliphatic heterocycles. The van der Waals surface area contributed by atoms with Gasteiger partial charge in [0, 0.05) is 52.9 Å². The molecule has 0 saturated carbocycles. The predicted octanol–water partition coefficient (Wildman–Crippen LogP) is 17.4. The van der Waals surface area contributed by atoms with Gasteiger partial charge in [0.1, 0.15) is 5.75 Å². The maximum absolute atomic E-state index is 6.67. The number of pyridine rings is 1. The van der Waals surface area contributed by atoms with Gasteiger partial charge in [0.25, 0.3) is 0 Å². The van der Waals surface area contributed by atoms with Gasteiger partial charge in [-0.15, -0.1) is 13.0 Å². The van der Waals surface area contributed by atoms with Crippen molar-refractivity contribution in [3.63, 3.8) is 0 Å². The quantitative estimate of drug-likeness (QED) is 0.0316. The first-order valence-electron chi connectivity index (χ1n) is 23.7. The zero-order valence-corrected chi connectivity index (χ0v) is 39.9. The fraction of sp³-hybridized carbons (Fsp3) is 0.456. The molecule has 0 amide bonds. The van der Waals surface area contributed by atoms with Crippen molar-refractivity contribution in [3.05, 3.63) is 133 Å². The Morgan fingerprint density at radius 1 is 0.597 bits per heavy atom. The van der Waals surface area contributed by atoms with Crippen LogP contribution in [0.1, 0.15) is 161 Å². The average Bonchev–Trinajstić information content (AvgIpc) is 3.28. The number of aromatic nitrogens is 1. The minimum Gasteiger partial charge on any atom is -0.492 e. The van der Waals surface area contributed by atoms with E-state index < -0.39 is 0 Å². The van der Waals surface area contributed by atoms with Crippen LogP contribution < -0.4 is 4.74 Å². The summed E-state index contributed by atoms with van der Waals surface area (Å²) in [5, 5.41) is 0. The van der Waals surface area contributed by atoms with E-state index in [1.807, 2.05) is 37.5 Å². The number of hydrogen-bond donors (Lipinski definition) is 0. The summed E-state index contributed by atoms with van der Waals surface area (Å²) in [5.74, 6) is 0.950. The molecule has 4 nitrogen and oxygen atoms in total. The number of hydrogen-bond acceptors (Lipinski definition) is 4. The van der Waals surface area contributed by atoms with Crippen LogP contribution in [-0.2, 0) is 28.6 Å². The summed E-state index contributed by atoms with van der Waals surface area (Å²) in [6.45, 7) is 11.4. The van der Waals surface area contributed by atoms with Crippen LogP contribution in [0, 0.1) is 0 Å². The fourth-order valence-corrected chi connectivity index (χ4v) is 7.79. The van der Waals surface area contributed by atoms with E-state index in [0.717, 1.165) is 64.4 Å². The van der Waals surface area contributed by atoms with Crippen LogP contribution >= 0.6 is 0 Å². The number of benzene rings is 4. The van der Waals surface area contributed by atoms with Gasteiger partial charge in [-0.2, -0.15) is 6.21 Å². The van der Waals surface area contributed by atoms with E-state index in [4.69, 9.17) is 9.73 Å². The first-order chi connectivity index (χ1) is 29.9. The molecule has 0 aliphatic carbocycles. The second-order valence-corrected chi connectivity index (χ2v) is 17.4. The van der Waals surface area contributed by atoms with Crippen LogP contribution in [0.2, 0.25) is 0 Å². The van der Waals surface area contributed by atoms with Gasteiger partial charge in [-0.05, 0) is 46.7 Å². The first-order valence-corrected chi connectivity index (χ1v) is 23.7. The van der Waals surface area contributed by atoms with Crippen molar-refractivity contribution < 1.29 is 21.5 Å². The molecular weight excluding hydrogens is 802 g/mol. The molecule has 5 aromatic rings. The zero-order valence-electron chi connectivity index (χ0n) is 38.8. The molecule has 1 heterocycles. The van der Waals surface area contributed by atoms with Gasteiger partial charge in [-0.25, -0.2) is 0 Å². The summed E-state index contributed by atoms with van der Waals surface area (Å²) >= 11 is 0. The molecule has 4 aromatic carbocycles. The Morgan fingerprint density at radius 2 is 1.08 bits per heavy atom. The van der Waals surface area contributed by atoms with Gasteiger partial charge in [-0.3, -0.25) is 9.98 Å². The monoisotopic (exact) mass is 878 g/mol. The normalized spacial score (nSPS) is 11.4. The molecule has 0 bridgehead atoms. The molecule has 0 aliphatic rings. The fourth-order valence-electron chi connectivity index (χ4n) is 7.79. The van der Waals surface area contributed by atoms with Gasteiger partial charge >= 0.3 is 0 Å². The second kappa shape index (κ2) is 31.5. The minimum atomic E-state index is 0. The van der Waals surface area contributed by atoms with Crippen molar-refractivity contribution in [1.29, 1.82) is 0 Å². The Balaban J connectivity index is 0.000000625. The van der Waals surface area contributed by atoms with E-state index in [-0.39, 0.29) is 22.2 Å². The molecule has 0 unspecified atom stereocenters. The van der Waals surface area contributed by atoms with Crippen LogP contribution in [-0.4, -0.2) is 24.0 Å². The smallest absolute Gasteiger partial charge is 0.135 e. The van der Waals surface area contributed by atoms with Gasteiger partial charge in [0.15, 0.2) is 0 Å². The molecular formula is C57H76CoN3O-. The summed E-state index contributed by atoms with van der Waals surface area (Å²) in [5.41, 5.74) is 8.99. The van der Waals surface area contributed by atoms with Crippen LogP contribution in [0.5, 0.6) is 5.75 Å². The van der Waals surface area contributed by atoms with E-state index >= 15 is 0 Å². The summed E-state index contributed by atoms with van der Waals surface area (Å²) in [6.07, 6.45) is 34.1. The van der Waals surface area contributed by atoms with E-state index in [1.165, 1.54) is 115 Å². The molecule has 0 saturated heterocycles. The third-order valence-corrected chi connectivity index (χ3v) is 11.2. The Hall–Kier alpha value is -4.32. The van der Waals surface area contributed by atoms with E-state index in [0.29, 0.717) is 0 Å². The Kier molecular flexibility index (Phi) is 26.4. The Bertz CT molecular complexity index is 1880. The summed E-state index contributed by atoms with van der Waals surface area (Å²) in [6, 6.07) is 37.8. The third kappa shape index (κ3) is 20.2. The molecule has 5 rings (SSSR count). The van der Waals surface area contributed by atoms with Crippen molar-refractivity contribution in [2.45, 2.75) is 162 Å². The van der Waals surface area contributed by atoms with E-state index in [9.17, 15) is 0 Å². The summed E-state index contributed by atoms with van der Waals surface area (Å²) < 4.78 is 6.67. The molecule has 5 heteroatoms. The van der Waals surface area contributed by atoms with Crippen molar-refractivity contribution >= 4 is 23.8 Å². The van der Waals surface area contributed by atoms with E-state index in [2.05, 4.69) is 135 Å². The van der Waals surface area contributed by atoms with Crippen LogP contribution in [0.3, 0.4) is 0 Å². The summed E-state index contributed by atoms with van der Waals surface area (Å²) in [7, 11) is 0. The van der Waals surface area contributed by atoms with Gasteiger partial charge in [0.05, 0.1) is 12.3 Å². The Morgan fingerprint density at radius 3 is 1.55 bits per heavy atom. The molecule has 0 N–H and O–H groups in total. The molecule has 0 spiro atoms. The number of ether oxygens (including phenoxy) is 1. The minimum absolute atomic E-state index is 0. The maximum Gasteiger partial charge on any atom is 0.135 e. The van der Waals surface area contributed by atoms with Crippen molar-refractivity contribution in [2.24, 2.45) is 9.98 Å². The second-order valence-electron chi connectivity index (χ2n) is 17.4. The molecule has 0 atom stereocenters. The number of nitrogens with zero attached hydrogens (tertiary/aromatic N) is 3. The number of unbranched alkanes of at least 4 members (excludes halogenated alkanes) is 17. The SMILES string of the molecule is CCCCCCCCCCCCCCCCCCCCOc1c(-c2ccccc2)cc(N=CCc2cccnc2)cc1-c1ccccc1.C[C-]=Nc1ccccc1C(C)(C)C.[Co]. The van der Waals surface area contributed by atoms with Crippen LogP contribution in [0.4, 0.5) is 11.4 Å². The standard InChI is InChI=1S/C45H60N2O.C12H16N.Co/c1-2-3-4-5-6-7-8-9-10-11-12-13-14-15-16-17-18-25-35-48-45-43(40-28-21-19-22-29-40)36-42(37-44(45)41-30-23-20-24-31-41)47-34-32-39-27-26-33-46-38-39;1-5-13-11-9-7-6-8-10(11)12(2,3)4;/h19-24,26-31,33-34,36-38H,2-18,25,32,35H2,1H3;6-9H,1-4H3;/q;-1;. The van der Waals surface area contributed by atoms with Crippen molar-refractivity contribution in [1.82, 2.24) is 4.98 Å². The van der Waals surface area contributed by atoms with Crippen molar-refractivity contribution in [2.75, 3.05) is 6.61 Å². The third-order valence-electron chi connectivity index (χ3n) is 11.2. The van der Waals surface area contributed by atoms with Crippen molar-refractivity contribution in [3.8, 4) is 28.0 Å².